The Morgan fingerprint density at radius 3 is 2.78 bits per heavy atom. The largest absolute Gasteiger partial charge is 0.493 e. The quantitative estimate of drug-likeness (QED) is 0.925. The predicted molar refractivity (Wildman–Crippen MR) is 83.3 cm³/mol. The van der Waals surface area contributed by atoms with E-state index in [9.17, 15) is 14.7 Å². The maximum absolute atomic E-state index is 13.0. The third kappa shape index (κ3) is 2.21. The minimum atomic E-state index is -0.924. The molecule has 3 aliphatic rings. The van der Waals surface area contributed by atoms with Crippen molar-refractivity contribution in [1.82, 2.24) is 4.90 Å². The van der Waals surface area contributed by atoms with E-state index >= 15 is 0 Å². The molecule has 5 heteroatoms. The second-order valence-corrected chi connectivity index (χ2v) is 7.00. The molecule has 1 spiro atoms. The molecular weight excluding hydrogens is 294 g/mol. The molecular formula is C18H21NO4. The lowest BCUT2D eigenvalue weighted by atomic mass is 9.87. The third-order valence-corrected chi connectivity index (χ3v) is 5.57. The number of hydrogen-bond donors (Lipinski definition) is 1. The Balaban J connectivity index is 1.61. The first kappa shape index (κ1) is 14.5. The van der Waals surface area contributed by atoms with Crippen molar-refractivity contribution in [2.24, 2.45) is 5.92 Å². The van der Waals surface area contributed by atoms with Gasteiger partial charge in [0.15, 0.2) is 0 Å². The summed E-state index contributed by atoms with van der Waals surface area (Å²) in [5, 5.41) is 9.33. The number of hydrogen-bond acceptors (Lipinski definition) is 3. The second kappa shape index (κ2) is 4.98. The molecule has 23 heavy (non-hydrogen) atoms. The molecule has 4 rings (SSSR count). The van der Waals surface area contributed by atoms with Crippen LogP contribution in [0.2, 0.25) is 0 Å². The molecule has 2 aliphatic carbocycles. The van der Waals surface area contributed by atoms with Gasteiger partial charge in [0.2, 0.25) is 5.91 Å². The summed E-state index contributed by atoms with van der Waals surface area (Å²) < 4.78 is 5.71. The van der Waals surface area contributed by atoms with Gasteiger partial charge in [-0.05, 0) is 38.7 Å². The fraction of sp³-hybridized carbons (Fsp3) is 0.556. The van der Waals surface area contributed by atoms with Crippen LogP contribution in [0.5, 0.6) is 5.75 Å². The average molecular weight is 315 g/mol. The van der Waals surface area contributed by atoms with Crippen molar-refractivity contribution in [2.45, 2.75) is 50.1 Å². The topological polar surface area (TPSA) is 66.8 Å². The third-order valence-electron chi connectivity index (χ3n) is 5.57. The van der Waals surface area contributed by atoms with Crippen LogP contribution in [0.4, 0.5) is 0 Å². The van der Waals surface area contributed by atoms with Crippen molar-refractivity contribution in [3.05, 3.63) is 29.8 Å². The van der Waals surface area contributed by atoms with E-state index < -0.39 is 12.0 Å². The average Bonchev–Trinajstić information content (AvgIpc) is 3.44. The minimum absolute atomic E-state index is 0.0131. The fourth-order valence-electron chi connectivity index (χ4n) is 4.02. The Morgan fingerprint density at radius 2 is 2.09 bits per heavy atom. The summed E-state index contributed by atoms with van der Waals surface area (Å²) in [4.78, 5) is 26.0. The molecule has 3 unspecified atom stereocenters. The number of carboxylic acid groups (broad SMARTS) is 1. The molecule has 122 valence electrons. The molecule has 0 aromatic heterocycles. The maximum atomic E-state index is 13.0. The normalized spacial score (nSPS) is 29.3. The predicted octanol–water partition coefficient (Wildman–Crippen LogP) is 2.19. The van der Waals surface area contributed by atoms with Gasteiger partial charge in [-0.25, -0.2) is 4.79 Å². The van der Waals surface area contributed by atoms with Crippen LogP contribution in [-0.2, 0) is 15.0 Å². The molecule has 0 saturated heterocycles. The lowest BCUT2D eigenvalue weighted by Gasteiger charge is -2.30. The number of fused-ring (bicyclic) bond motifs is 2. The van der Waals surface area contributed by atoms with Crippen molar-refractivity contribution in [2.75, 3.05) is 6.61 Å². The number of aliphatic carboxylic acids is 1. The van der Waals surface area contributed by atoms with E-state index in [1.807, 2.05) is 24.3 Å². The summed E-state index contributed by atoms with van der Waals surface area (Å²) in [5.41, 5.74) is 0.973. The number of para-hydroxylation sites is 1. The van der Waals surface area contributed by atoms with E-state index in [2.05, 4.69) is 0 Å². The molecule has 0 radical (unpaired) electrons. The highest BCUT2D eigenvalue weighted by molar-refractivity contribution is 5.89. The van der Waals surface area contributed by atoms with Crippen molar-refractivity contribution in [3.63, 3.8) is 0 Å². The highest BCUT2D eigenvalue weighted by Crippen LogP contribution is 2.61. The van der Waals surface area contributed by atoms with Crippen LogP contribution in [0, 0.1) is 5.92 Å². The van der Waals surface area contributed by atoms with Crippen LogP contribution in [0.25, 0.3) is 0 Å². The first-order valence-electron chi connectivity index (χ1n) is 8.32. The van der Waals surface area contributed by atoms with Gasteiger partial charge in [-0.1, -0.05) is 18.2 Å². The highest BCUT2D eigenvalue weighted by atomic mass is 16.5. The van der Waals surface area contributed by atoms with Crippen LogP contribution >= 0.6 is 0 Å². The number of nitrogens with zero attached hydrogens (tertiary/aromatic N) is 1. The molecule has 1 aromatic carbocycles. The van der Waals surface area contributed by atoms with E-state index in [4.69, 9.17) is 4.74 Å². The van der Waals surface area contributed by atoms with Gasteiger partial charge >= 0.3 is 5.97 Å². The van der Waals surface area contributed by atoms with Gasteiger partial charge in [0.25, 0.3) is 0 Å². The fourth-order valence-corrected chi connectivity index (χ4v) is 4.02. The van der Waals surface area contributed by atoms with E-state index in [-0.39, 0.29) is 23.3 Å². The van der Waals surface area contributed by atoms with E-state index in [1.165, 1.54) is 0 Å². The van der Waals surface area contributed by atoms with Crippen LogP contribution < -0.4 is 4.74 Å². The van der Waals surface area contributed by atoms with Gasteiger partial charge in [-0.15, -0.1) is 0 Å². The molecule has 2 saturated carbocycles. The van der Waals surface area contributed by atoms with Gasteiger partial charge in [-0.2, -0.15) is 0 Å². The number of carboxylic acids is 1. The molecule has 1 aromatic rings. The lowest BCUT2D eigenvalue weighted by Crippen LogP contribution is -2.46. The summed E-state index contributed by atoms with van der Waals surface area (Å²) in [6.07, 6.45) is 3.48. The smallest absolute Gasteiger partial charge is 0.326 e. The summed E-state index contributed by atoms with van der Waals surface area (Å²) in [7, 11) is 0. The van der Waals surface area contributed by atoms with Crippen LogP contribution in [0.15, 0.2) is 24.3 Å². The summed E-state index contributed by atoms with van der Waals surface area (Å²) in [6, 6.07) is 7.29. The molecule has 1 N–H and O–H groups in total. The van der Waals surface area contributed by atoms with Crippen LogP contribution in [-0.4, -0.2) is 40.6 Å². The van der Waals surface area contributed by atoms with Gasteiger partial charge in [-0.3, -0.25) is 4.79 Å². The summed E-state index contributed by atoms with van der Waals surface area (Å²) in [6.45, 7) is 2.24. The number of benzene rings is 1. The molecule has 5 nitrogen and oxygen atoms in total. The molecule has 3 atom stereocenters. The molecule has 1 amide bonds. The van der Waals surface area contributed by atoms with E-state index in [1.54, 1.807) is 11.8 Å². The van der Waals surface area contributed by atoms with Crippen molar-refractivity contribution < 1.29 is 19.4 Å². The Bertz CT molecular complexity index is 669. The molecule has 2 fully saturated rings. The molecule has 0 bridgehead atoms. The zero-order valence-electron chi connectivity index (χ0n) is 13.2. The Hall–Kier alpha value is -2.04. The second-order valence-electron chi connectivity index (χ2n) is 7.00. The number of rotatable bonds is 4. The lowest BCUT2D eigenvalue weighted by molar-refractivity contribution is -0.150. The summed E-state index contributed by atoms with van der Waals surface area (Å²) >= 11 is 0. The summed E-state index contributed by atoms with van der Waals surface area (Å²) in [5.74, 6) is -0.139. The number of carbonyl (C=O) groups excluding carboxylic acids is 1. The van der Waals surface area contributed by atoms with Crippen molar-refractivity contribution >= 4 is 11.9 Å². The molecule has 1 heterocycles. The zero-order chi connectivity index (χ0) is 16.2. The Labute approximate surface area is 135 Å². The first-order chi connectivity index (χ1) is 11.0. The molecule has 1 aliphatic heterocycles. The van der Waals surface area contributed by atoms with Crippen LogP contribution in [0.1, 0.15) is 38.2 Å². The first-order valence-corrected chi connectivity index (χ1v) is 8.32. The Morgan fingerprint density at radius 1 is 1.35 bits per heavy atom. The monoisotopic (exact) mass is 315 g/mol. The van der Waals surface area contributed by atoms with E-state index in [0.717, 1.165) is 37.0 Å². The van der Waals surface area contributed by atoms with Gasteiger partial charge in [0.05, 0.1) is 6.61 Å². The number of ether oxygens (including phenoxy) is 1. The number of carbonyl (C=O) groups is 2. The zero-order valence-corrected chi connectivity index (χ0v) is 13.2. The SMILES string of the molecule is CC(C(=O)O)N(C(=O)C1CC12CCOc1ccccc12)C1CC1. The van der Waals surface area contributed by atoms with Gasteiger partial charge < -0.3 is 14.7 Å². The van der Waals surface area contributed by atoms with Crippen LogP contribution in [0.3, 0.4) is 0 Å². The van der Waals surface area contributed by atoms with Crippen molar-refractivity contribution in [3.8, 4) is 5.75 Å². The Kier molecular flexibility index (Phi) is 3.15. The number of amides is 1. The standard InChI is InChI=1S/C18H21NO4/c1-11(17(21)22)19(12-6-7-12)16(20)14-10-18(14)8-9-23-15-5-3-2-4-13(15)18/h2-5,11-12,14H,6-10H2,1H3,(H,21,22). The van der Waals surface area contributed by atoms with Gasteiger partial charge in [0, 0.05) is 22.9 Å². The van der Waals surface area contributed by atoms with E-state index in [0.29, 0.717) is 6.61 Å². The van der Waals surface area contributed by atoms with Crippen molar-refractivity contribution in [1.29, 1.82) is 0 Å². The minimum Gasteiger partial charge on any atom is -0.493 e. The maximum Gasteiger partial charge on any atom is 0.326 e. The highest BCUT2D eigenvalue weighted by Gasteiger charge is 2.63. The van der Waals surface area contributed by atoms with Gasteiger partial charge in [0.1, 0.15) is 11.8 Å².